The van der Waals surface area contributed by atoms with Gasteiger partial charge in [0.2, 0.25) is 0 Å². The Kier molecular flexibility index (Phi) is 3.81. The molecule has 0 heterocycles. The maximum atomic E-state index is 12.8. The van der Waals surface area contributed by atoms with E-state index in [9.17, 15) is 14.3 Å². The highest BCUT2D eigenvalue weighted by molar-refractivity contribution is 14.1. The van der Waals surface area contributed by atoms with E-state index in [1.54, 1.807) is 12.1 Å². The zero-order chi connectivity index (χ0) is 13.1. The summed E-state index contributed by atoms with van der Waals surface area (Å²) in [5.74, 6) is -1.44. The van der Waals surface area contributed by atoms with Gasteiger partial charge in [0.15, 0.2) is 0 Å². The van der Waals surface area contributed by atoms with Crippen molar-refractivity contribution in [3.05, 3.63) is 57.4 Å². The third kappa shape index (κ3) is 2.98. The summed E-state index contributed by atoms with van der Waals surface area (Å²) in [4.78, 5) is 11.8. The molecule has 18 heavy (non-hydrogen) atoms. The highest BCUT2D eigenvalue weighted by atomic mass is 127. The van der Waals surface area contributed by atoms with Crippen LogP contribution in [0.5, 0.6) is 5.75 Å². The Hall–Kier alpha value is -1.63. The monoisotopic (exact) mass is 357 g/mol. The molecule has 5 heteroatoms. The lowest BCUT2D eigenvalue weighted by Gasteiger charge is -2.06. The minimum absolute atomic E-state index is 0.0370. The van der Waals surface area contributed by atoms with Crippen molar-refractivity contribution < 1.29 is 14.3 Å². The summed E-state index contributed by atoms with van der Waals surface area (Å²) < 4.78 is 13.8. The molecule has 2 rings (SSSR count). The molecular formula is C13H9FINO2. The van der Waals surface area contributed by atoms with Crippen LogP contribution in [0.1, 0.15) is 10.4 Å². The molecular weight excluding hydrogens is 348 g/mol. The van der Waals surface area contributed by atoms with Gasteiger partial charge < -0.3 is 10.4 Å². The van der Waals surface area contributed by atoms with Crippen molar-refractivity contribution in [1.82, 2.24) is 0 Å². The number of nitrogens with one attached hydrogen (secondary N) is 1. The van der Waals surface area contributed by atoms with Gasteiger partial charge in [-0.05, 0) is 59.0 Å². The van der Waals surface area contributed by atoms with Crippen molar-refractivity contribution in [2.24, 2.45) is 0 Å². The van der Waals surface area contributed by atoms with Crippen LogP contribution < -0.4 is 5.32 Å². The van der Waals surface area contributed by atoms with Gasteiger partial charge in [0.1, 0.15) is 11.6 Å². The molecule has 2 aromatic rings. The Balaban J connectivity index is 2.19. The number of phenolic OH excluding ortho intramolecular Hbond substituents is 1. The summed E-state index contributed by atoms with van der Waals surface area (Å²) in [6.45, 7) is 0. The first kappa shape index (κ1) is 12.8. The summed E-state index contributed by atoms with van der Waals surface area (Å²) in [6, 6.07) is 10.5. The quantitative estimate of drug-likeness (QED) is 0.810. The second-order valence-corrected chi connectivity index (χ2v) is 4.87. The average molecular weight is 357 g/mol. The third-order valence-electron chi connectivity index (χ3n) is 2.31. The number of hydrogen-bond acceptors (Lipinski definition) is 2. The van der Waals surface area contributed by atoms with Crippen molar-refractivity contribution in [3.63, 3.8) is 0 Å². The zero-order valence-electron chi connectivity index (χ0n) is 9.15. The van der Waals surface area contributed by atoms with Crippen LogP contribution in [0.25, 0.3) is 0 Å². The average Bonchev–Trinajstić information content (AvgIpc) is 2.32. The second-order valence-electron chi connectivity index (χ2n) is 3.62. The molecule has 0 radical (unpaired) electrons. The molecule has 0 aromatic heterocycles. The third-order valence-corrected chi connectivity index (χ3v) is 3.03. The summed E-state index contributed by atoms with van der Waals surface area (Å²) in [7, 11) is 0. The fourth-order valence-electron chi connectivity index (χ4n) is 1.43. The van der Waals surface area contributed by atoms with Gasteiger partial charge in [0.05, 0.1) is 5.56 Å². The van der Waals surface area contributed by atoms with Crippen molar-refractivity contribution in [1.29, 1.82) is 0 Å². The van der Waals surface area contributed by atoms with Gasteiger partial charge in [-0.15, -0.1) is 0 Å². The SMILES string of the molecule is O=C(Nc1ccc(I)cc1)c1ccc(F)cc1O. The molecule has 0 unspecified atom stereocenters. The van der Waals surface area contributed by atoms with Gasteiger partial charge in [-0.1, -0.05) is 0 Å². The van der Waals surface area contributed by atoms with Crippen molar-refractivity contribution in [2.75, 3.05) is 5.32 Å². The Morgan fingerprint density at radius 1 is 1.17 bits per heavy atom. The molecule has 92 valence electrons. The van der Waals surface area contributed by atoms with Gasteiger partial charge >= 0.3 is 0 Å². The number of aromatic hydroxyl groups is 1. The van der Waals surface area contributed by atoms with Crippen molar-refractivity contribution in [3.8, 4) is 5.75 Å². The number of hydrogen-bond donors (Lipinski definition) is 2. The predicted molar refractivity (Wildman–Crippen MR) is 75.2 cm³/mol. The number of carbonyl (C=O) groups is 1. The molecule has 0 atom stereocenters. The number of anilines is 1. The first-order valence-electron chi connectivity index (χ1n) is 5.12. The van der Waals surface area contributed by atoms with E-state index < -0.39 is 11.7 Å². The van der Waals surface area contributed by atoms with Crippen LogP contribution in [0.3, 0.4) is 0 Å². The van der Waals surface area contributed by atoms with Gasteiger partial charge in [-0.3, -0.25) is 4.79 Å². The zero-order valence-corrected chi connectivity index (χ0v) is 11.3. The minimum Gasteiger partial charge on any atom is -0.507 e. The number of carbonyl (C=O) groups excluding carboxylic acids is 1. The molecule has 0 bridgehead atoms. The number of amides is 1. The van der Waals surface area contributed by atoms with E-state index in [1.807, 2.05) is 12.1 Å². The standard InChI is InChI=1S/C13H9FINO2/c14-8-1-6-11(12(17)7-8)13(18)16-10-4-2-9(15)3-5-10/h1-7,17H,(H,16,18). The van der Waals surface area contributed by atoms with Gasteiger partial charge in [0.25, 0.3) is 5.91 Å². The van der Waals surface area contributed by atoms with Crippen LogP contribution in [0, 0.1) is 9.39 Å². The molecule has 0 aliphatic rings. The Morgan fingerprint density at radius 2 is 1.83 bits per heavy atom. The van der Waals surface area contributed by atoms with Gasteiger partial charge in [0, 0.05) is 15.3 Å². The number of rotatable bonds is 2. The highest BCUT2D eigenvalue weighted by Gasteiger charge is 2.11. The van der Waals surface area contributed by atoms with Gasteiger partial charge in [-0.25, -0.2) is 4.39 Å². The van der Waals surface area contributed by atoms with Crippen LogP contribution in [-0.4, -0.2) is 11.0 Å². The van der Waals surface area contributed by atoms with Crippen LogP contribution in [0.2, 0.25) is 0 Å². The van der Waals surface area contributed by atoms with Crippen molar-refractivity contribution in [2.45, 2.75) is 0 Å². The van der Waals surface area contributed by atoms with E-state index in [0.717, 1.165) is 15.7 Å². The summed E-state index contributed by atoms with van der Waals surface area (Å²) >= 11 is 2.16. The Morgan fingerprint density at radius 3 is 2.44 bits per heavy atom. The van der Waals surface area contributed by atoms with E-state index >= 15 is 0 Å². The predicted octanol–water partition coefficient (Wildman–Crippen LogP) is 3.39. The molecule has 2 aromatic carbocycles. The second kappa shape index (κ2) is 5.34. The Labute approximate surface area is 117 Å². The molecule has 0 saturated heterocycles. The highest BCUT2D eigenvalue weighted by Crippen LogP contribution is 2.20. The Bertz CT molecular complexity index is 584. The van der Waals surface area contributed by atoms with Crippen molar-refractivity contribution >= 4 is 34.2 Å². The number of benzene rings is 2. The van der Waals surface area contributed by atoms with Crippen LogP contribution in [0.15, 0.2) is 42.5 Å². The molecule has 1 amide bonds. The maximum Gasteiger partial charge on any atom is 0.259 e. The molecule has 0 spiro atoms. The summed E-state index contributed by atoms with van der Waals surface area (Å²) in [5, 5.41) is 12.1. The lowest BCUT2D eigenvalue weighted by Crippen LogP contribution is -2.12. The summed E-state index contributed by atoms with van der Waals surface area (Å²) in [6.07, 6.45) is 0. The van der Waals surface area contributed by atoms with Crippen LogP contribution >= 0.6 is 22.6 Å². The topological polar surface area (TPSA) is 49.3 Å². The van der Waals surface area contributed by atoms with E-state index in [0.29, 0.717) is 5.69 Å². The largest absolute Gasteiger partial charge is 0.507 e. The van der Waals surface area contributed by atoms with E-state index in [2.05, 4.69) is 27.9 Å². The molecule has 3 nitrogen and oxygen atoms in total. The fraction of sp³-hybridized carbons (Fsp3) is 0. The first-order chi connectivity index (χ1) is 8.56. The normalized spacial score (nSPS) is 10.1. The smallest absolute Gasteiger partial charge is 0.259 e. The molecule has 0 aliphatic carbocycles. The van der Waals surface area contributed by atoms with Gasteiger partial charge in [-0.2, -0.15) is 0 Å². The lowest BCUT2D eigenvalue weighted by molar-refractivity contribution is 0.102. The number of phenols is 1. The lowest BCUT2D eigenvalue weighted by atomic mass is 10.2. The maximum absolute atomic E-state index is 12.8. The van der Waals surface area contributed by atoms with E-state index in [-0.39, 0.29) is 11.3 Å². The molecule has 2 N–H and O–H groups in total. The number of halogens is 2. The molecule has 0 fully saturated rings. The van der Waals surface area contributed by atoms with Crippen LogP contribution in [0.4, 0.5) is 10.1 Å². The van der Waals surface area contributed by atoms with Crippen LogP contribution in [-0.2, 0) is 0 Å². The summed E-state index contributed by atoms with van der Waals surface area (Å²) in [5.41, 5.74) is 0.652. The molecule has 0 saturated carbocycles. The minimum atomic E-state index is -0.585. The molecule has 0 aliphatic heterocycles. The van der Waals surface area contributed by atoms with E-state index in [1.165, 1.54) is 6.07 Å². The van der Waals surface area contributed by atoms with E-state index in [4.69, 9.17) is 0 Å². The first-order valence-corrected chi connectivity index (χ1v) is 6.19. The fourth-order valence-corrected chi connectivity index (χ4v) is 1.79.